The van der Waals surface area contributed by atoms with Crippen LogP contribution in [0.5, 0.6) is 0 Å². The molecule has 0 aliphatic carbocycles. The Labute approximate surface area is 78.5 Å². The molecule has 0 aliphatic heterocycles. The first-order valence-electron chi connectivity index (χ1n) is 4.51. The van der Waals surface area contributed by atoms with Gasteiger partial charge in [-0.05, 0) is 19.0 Å². The van der Waals surface area contributed by atoms with Gasteiger partial charge in [-0.15, -0.1) is 0 Å². The lowest BCUT2D eigenvalue weighted by Gasteiger charge is -2.17. The van der Waals surface area contributed by atoms with E-state index < -0.39 is 0 Å². The number of rotatable bonds is 4. The second kappa shape index (κ2) is 4.23. The normalized spacial score (nSPS) is 13.2. The lowest BCUT2D eigenvalue weighted by molar-refractivity contribution is 0.0922. The maximum Gasteiger partial charge on any atom is 0.181 e. The number of carbonyl (C=O) groups is 1. The molecule has 2 N–H and O–H groups in total. The van der Waals surface area contributed by atoms with E-state index in [4.69, 9.17) is 0 Å². The van der Waals surface area contributed by atoms with Crippen LogP contribution in [0.15, 0.2) is 18.5 Å². The first-order chi connectivity index (χ1) is 6.16. The molecule has 0 fully saturated rings. The highest BCUT2D eigenvalue weighted by Gasteiger charge is 2.21. The van der Waals surface area contributed by atoms with Gasteiger partial charge in [-0.3, -0.25) is 4.79 Å². The van der Waals surface area contributed by atoms with Crippen LogP contribution in [0.1, 0.15) is 24.2 Å². The summed E-state index contributed by atoms with van der Waals surface area (Å²) in [4.78, 5) is 14.7. The molecule has 13 heavy (non-hydrogen) atoms. The topological polar surface area (TPSA) is 44.9 Å². The van der Waals surface area contributed by atoms with Crippen molar-refractivity contribution >= 4 is 5.78 Å². The first kappa shape index (κ1) is 9.99. The van der Waals surface area contributed by atoms with E-state index in [1.165, 1.54) is 0 Å². The van der Waals surface area contributed by atoms with Crippen molar-refractivity contribution in [3.63, 3.8) is 0 Å². The van der Waals surface area contributed by atoms with Crippen molar-refractivity contribution in [1.29, 1.82) is 0 Å². The van der Waals surface area contributed by atoms with E-state index in [9.17, 15) is 4.79 Å². The third-order valence-corrected chi connectivity index (χ3v) is 2.14. The van der Waals surface area contributed by atoms with Crippen molar-refractivity contribution in [2.24, 2.45) is 5.92 Å². The standard InChI is InChI=1S/C10H16N2O/c1-7(2)9(11-3)10(13)8-4-5-12-6-8/h4-7,9,11-12H,1-3H3. The monoisotopic (exact) mass is 180 g/mol. The Kier molecular flexibility index (Phi) is 3.25. The Bertz CT molecular complexity index is 264. The predicted octanol–water partition coefficient (Wildman–Crippen LogP) is 1.44. The molecule has 1 rings (SSSR count). The minimum absolute atomic E-state index is 0.0872. The summed E-state index contributed by atoms with van der Waals surface area (Å²) in [6, 6.07) is 1.71. The molecule has 3 heteroatoms. The van der Waals surface area contributed by atoms with Crippen LogP contribution in [0.4, 0.5) is 0 Å². The van der Waals surface area contributed by atoms with Crippen LogP contribution in [0.3, 0.4) is 0 Å². The van der Waals surface area contributed by atoms with Crippen molar-refractivity contribution in [3.8, 4) is 0 Å². The fraction of sp³-hybridized carbons (Fsp3) is 0.500. The Morgan fingerprint density at radius 3 is 2.62 bits per heavy atom. The van der Waals surface area contributed by atoms with Gasteiger partial charge in [-0.25, -0.2) is 0 Å². The minimum Gasteiger partial charge on any atom is -0.367 e. The average molecular weight is 180 g/mol. The molecule has 1 unspecified atom stereocenters. The molecule has 1 heterocycles. The van der Waals surface area contributed by atoms with Crippen LogP contribution in [-0.2, 0) is 0 Å². The fourth-order valence-electron chi connectivity index (χ4n) is 1.42. The summed E-state index contributed by atoms with van der Waals surface area (Å²) in [6.07, 6.45) is 3.50. The van der Waals surface area contributed by atoms with Crippen molar-refractivity contribution in [3.05, 3.63) is 24.0 Å². The van der Waals surface area contributed by atoms with Gasteiger partial charge in [0.1, 0.15) is 0 Å². The molecule has 72 valence electrons. The molecule has 0 saturated carbocycles. The number of aromatic nitrogens is 1. The highest BCUT2D eigenvalue weighted by atomic mass is 16.1. The Morgan fingerprint density at radius 2 is 2.23 bits per heavy atom. The maximum absolute atomic E-state index is 11.8. The van der Waals surface area contributed by atoms with Crippen LogP contribution in [0.2, 0.25) is 0 Å². The molecule has 0 saturated heterocycles. The van der Waals surface area contributed by atoms with Crippen LogP contribution in [0, 0.1) is 5.92 Å². The van der Waals surface area contributed by atoms with E-state index in [2.05, 4.69) is 10.3 Å². The van der Waals surface area contributed by atoms with Crippen LogP contribution < -0.4 is 5.32 Å². The summed E-state index contributed by atoms with van der Waals surface area (Å²) in [6.45, 7) is 4.07. The summed E-state index contributed by atoms with van der Waals surface area (Å²) in [5, 5.41) is 3.03. The number of nitrogens with one attached hydrogen (secondary N) is 2. The van der Waals surface area contributed by atoms with E-state index in [1.54, 1.807) is 18.5 Å². The van der Waals surface area contributed by atoms with Gasteiger partial charge in [-0.2, -0.15) is 0 Å². The number of aromatic amines is 1. The second-order valence-electron chi connectivity index (χ2n) is 3.47. The maximum atomic E-state index is 11.8. The molecule has 0 amide bonds. The number of hydrogen-bond acceptors (Lipinski definition) is 2. The zero-order valence-electron chi connectivity index (χ0n) is 8.29. The number of Topliss-reactive ketones (excluding diaryl/α,β-unsaturated/α-hetero) is 1. The van der Waals surface area contributed by atoms with E-state index >= 15 is 0 Å². The Morgan fingerprint density at radius 1 is 1.54 bits per heavy atom. The summed E-state index contributed by atoms with van der Waals surface area (Å²) >= 11 is 0. The molecule has 0 aliphatic rings. The largest absolute Gasteiger partial charge is 0.367 e. The number of H-pyrrole nitrogens is 1. The highest BCUT2D eigenvalue weighted by Crippen LogP contribution is 2.09. The van der Waals surface area contributed by atoms with E-state index in [0.29, 0.717) is 5.92 Å². The summed E-state index contributed by atoms with van der Waals surface area (Å²) in [7, 11) is 1.81. The third-order valence-electron chi connectivity index (χ3n) is 2.14. The van der Waals surface area contributed by atoms with Crippen LogP contribution >= 0.6 is 0 Å². The molecular weight excluding hydrogens is 164 g/mol. The number of carbonyl (C=O) groups excluding carboxylic acids is 1. The van der Waals surface area contributed by atoms with Gasteiger partial charge in [0.15, 0.2) is 5.78 Å². The second-order valence-corrected chi connectivity index (χ2v) is 3.47. The fourth-order valence-corrected chi connectivity index (χ4v) is 1.42. The smallest absolute Gasteiger partial charge is 0.181 e. The molecule has 1 aromatic heterocycles. The van der Waals surface area contributed by atoms with Gasteiger partial charge in [0.2, 0.25) is 0 Å². The van der Waals surface area contributed by atoms with E-state index in [0.717, 1.165) is 5.56 Å². The molecule has 0 bridgehead atoms. The van der Waals surface area contributed by atoms with Gasteiger partial charge in [0, 0.05) is 18.0 Å². The minimum atomic E-state index is -0.0872. The molecule has 0 spiro atoms. The zero-order chi connectivity index (χ0) is 9.84. The summed E-state index contributed by atoms with van der Waals surface area (Å²) in [5.74, 6) is 0.464. The van der Waals surface area contributed by atoms with Crippen LogP contribution in [0.25, 0.3) is 0 Å². The highest BCUT2D eigenvalue weighted by molar-refractivity contribution is 6.00. The van der Waals surface area contributed by atoms with Gasteiger partial charge in [0.25, 0.3) is 0 Å². The zero-order valence-corrected chi connectivity index (χ0v) is 8.29. The number of likely N-dealkylation sites (N-methyl/N-ethyl adjacent to an activating group) is 1. The van der Waals surface area contributed by atoms with E-state index in [-0.39, 0.29) is 11.8 Å². The first-order valence-corrected chi connectivity index (χ1v) is 4.51. The van der Waals surface area contributed by atoms with Crippen LogP contribution in [-0.4, -0.2) is 23.9 Å². The lowest BCUT2D eigenvalue weighted by atomic mass is 9.97. The Balaban J connectivity index is 2.77. The van der Waals surface area contributed by atoms with Gasteiger partial charge in [-0.1, -0.05) is 13.8 Å². The lowest BCUT2D eigenvalue weighted by Crippen LogP contribution is -2.38. The van der Waals surface area contributed by atoms with Crippen molar-refractivity contribution in [2.75, 3.05) is 7.05 Å². The summed E-state index contributed by atoms with van der Waals surface area (Å²) < 4.78 is 0. The number of hydrogen-bond donors (Lipinski definition) is 2. The molecular formula is C10H16N2O. The molecule has 1 aromatic rings. The SMILES string of the molecule is CNC(C(=O)c1cc[nH]c1)C(C)C. The molecule has 1 atom stereocenters. The quantitative estimate of drug-likeness (QED) is 0.689. The van der Waals surface area contributed by atoms with Gasteiger partial charge < -0.3 is 10.3 Å². The summed E-state index contributed by atoms with van der Waals surface area (Å²) in [5.41, 5.74) is 0.744. The number of ketones is 1. The third kappa shape index (κ3) is 2.18. The van der Waals surface area contributed by atoms with E-state index in [1.807, 2.05) is 20.9 Å². The van der Waals surface area contributed by atoms with Crippen molar-refractivity contribution in [1.82, 2.24) is 10.3 Å². The predicted molar refractivity (Wildman–Crippen MR) is 52.8 cm³/mol. The van der Waals surface area contributed by atoms with Gasteiger partial charge >= 0.3 is 0 Å². The van der Waals surface area contributed by atoms with Crippen molar-refractivity contribution < 1.29 is 4.79 Å². The molecule has 0 aromatic carbocycles. The Hall–Kier alpha value is -1.09. The average Bonchev–Trinajstić information content (AvgIpc) is 2.56. The van der Waals surface area contributed by atoms with Gasteiger partial charge in [0.05, 0.1) is 6.04 Å². The van der Waals surface area contributed by atoms with Crippen molar-refractivity contribution in [2.45, 2.75) is 19.9 Å². The molecule has 3 nitrogen and oxygen atoms in total. The molecule has 0 radical (unpaired) electrons.